The number of benzene rings is 1. The maximum atomic E-state index is 12.0. The minimum atomic E-state index is -0.915. The van der Waals surface area contributed by atoms with Gasteiger partial charge >= 0.3 is 0 Å². The molecule has 1 aliphatic rings. The molecule has 1 amide bonds. The Morgan fingerprint density at radius 3 is 2.63 bits per heavy atom. The Balaban J connectivity index is 1.86. The van der Waals surface area contributed by atoms with Gasteiger partial charge in [-0.3, -0.25) is 4.79 Å². The highest BCUT2D eigenvalue weighted by Gasteiger charge is 2.67. The molecule has 0 unspecified atom stereocenters. The van der Waals surface area contributed by atoms with E-state index in [4.69, 9.17) is 27.9 Å². The lowest BCUT2D eigenvalue weighted by atomic mass is 10.1. The highest BCUT2D eigenvalue weighted by molar-refractivity contribution is 6.53. The molecule has 0 aliphatic heterocycles. The minimum absolute atomic E-state index is 0.0904. The highest BCUT2D eigenvalue weighted by atomic mass is 35.5. The van der Waals surface area contributed by atoms with Gasteiger partial charge < -0.3 is 10.1 Å². The first-order valence-corrected chi connectivity index (χ1v) is 6.94. The molecular formula is C14H17Cl2NO2. The van der Waals surface area contributed by atoms with Crippen LogP contribution in [0.25, 0.3) is 0 Å². The molecule has 0 aromatic heterocycles. The van der Waals surface area contributed by atoms with Crippen molar-refractivity contribution in [3.05, 3.63) is 29.8 Å². The SMILES string of the molecule is COc1ccccc1CCNC(=O)[C@]1(C)CC1(Cl)Cl. The Morgan fingerprint density at radius 2 is 2.05 bits per heavy atom. The van der Waals surface area contributed by atoms with Crippen molar-refractivity contribution in [1.82, 2.24) is 5.32 Å². The average Bonchev–Trinajstić information content (AvgIpc) is 2.90. The first-order chi connectivity index (χ1) is 8.90. The van der Waals surface area contributed by atoms with E-state index in [0.29, 0.717) is 19.4 Å². The number of carbonyl (C=O) groups is 1. The standard InChI is InChI=1S/C14H17Cl2NO2/c1-13(9-14(13,15)16)12(18)17-8-7-10-5-3-4-6-11(10)19-2/h3-6H,7-9H2,1-2H3,(H,17,18)/t13-/m0/s1. The van der Waals surface area contributed by atoms with Crippen LogP contribution in [0.2, 0.25) is 0 Å². The smallest absolute Gasteiger partial charge is 0.229 e. The van der Waals surface area contributed by atoms with Crippen molar-refractivity contribution >= 4 is 29.1 Å². The molecule has 0 saturated heterocycles. The van der Waals surface area contributed by atoms with Gasteiger partial charge in [-0.1, -0.05) is 18.2 Å². The fourth-order valence-electron chi connectivity index (χ4n) is 2.06. The Kier molecular flexibility index (Phi) is 3.98. The van der Waals surface area contributed by atoms with Gasteiger partial charge in [-0.05, 0) is 31.4 Å². The van der Waals surface area contributed by atoms with Gasteiger partial charge in [0.05, 0.1) is 12.5 Å². The second kappa shape index (κ2) is 5.22. The zero-order valence-electron chi connectivity index (χ0n) is 11.0. The molecule has 1 atom stereocenters. The molecule has 1 aromatic carbocycles. The maximum Gasteiger partial charge on any atom is 0.229 e. The molecule has 1 aliphatic carbocycles. The van der Waals surface area contributed by atoms with Gasteiger partial charge in [-0.15, -0.1) is 23.2 Å². The monoisotopic (exact) mass is 301 g/mol. The van der Waals surface area contributed by atoms with Crippen LogP contribution in [0.1, 0.15) is 18.9 Å². The Bertz CT molecular complexity index is 490. The van der Waals surface area contributed by atoms with E-state index < -0.39 is 9.75 Å². The number of nitrogens with one attached hydrogen (secondary N) is 1. The lowest BCUT2D eigenvalue weighted by Gasteiger charge is -2.13. The number of methoxy groups -OCH3 is 1. The fourth-order valence-corrected chi connectivity index (χ4v) is 2.77. The third-order valence-corrected chi connectivity index (χ3v) is 4.73. The van der Waals surface area contributed by atoms with Crippen LogP contribution in [0.15, 0.2) is 24.3 Å². The predicted octanol–water partition coefficient (Wildman–Crippen LogP) is 2.94. The quantitative estimate of drug-likeness (QED) is 0.849. The summed E-state index contributed by atoms with van der Waals surface area (Å²) >= 11 is 11.9. The number of hydrogen-bond acceptors (Lipinski definition) is 2. The molecule has 19 heavy (non-hydrogen) atoms. The largest absolute Gasteiger partial charge is 0.496 e. The Morgan fingerprint density at radius 1 is 1.42 bits per heavy atom. The fraction of sp³-hybridized carbons (Fsp3) is 0.500. The molecule has 0 heterocycles. The van der Waals surface area contributed by atoms with Gasteiger partial charge in [0.2, 0.25) is 5.91 Å². The van der Waals surface area contributed by atoms with Crippen LogP contribution < -0.4 is 10.1 Å². The third kappa shape index (κ3) is 2.82. The maximum absolute atomic E-state index is 12.0. The lowest BCUT2D eigenvalue weighted by molar-refractivity contribution is -0.125. The van der Waals surface area contributed by atoms with Crippen molar-refractivity contribution in [2.24, 2.45) is 5.41 Å². The molecule has 0 radical (unpaired) electrons. The van der Waals surface area contributed by atoms with Crippen molar-refractivity contribution in [3.63, 3.8) is 0 Å². The topological polar surface area (TPSA) is 38.3 Å². The van der Waals surface area contributed by atoms with Gasteiger partial charge in [0.1, 0.15) is 10.1 Å². The molecule has 5 heteroatoms. The molecule has 1 fully saturated rings. The molecule has 1 saturated carbocycles. The van der Waals surface area contributed by atoms with E-state index in [1.54, 1.807) is 14.0 Å². The summed E-state index contributed by atoms with van der Waals surface area (Å²) in [7, 11) is 1.64. The zero-order chi connectivity index (χ0) is 14.1. The van der Waals surface area contributed by atoms with E-state index in [9.17, 15) is 4.79 Å². The summed E-state index contributed by atoms with van der Waals surface area (Å²) in [4.78, 5) is 12.0. The van der Waals surface area contributed by atoms with Crippen LogP contribution in [0.3, 0.4) is 0 Å². The van der Waals surface area contributed by atoms with E-state index in [0.717, 1.165) is 11.3 Å². The van der Waals surface area contributed by atoms with Crippen LogP contribution in [-0.4, -0.2) is 23.9 Å². The second-order valence-corrected chi connectivity index (χ2v) is 6.51. The van der Waals surface area contributed by atoms with E-state index in [1.165, 1.54) is 0 Å². The summed E-state index contributed by atoms with van der Waals surface area (Å²) in [5.41, 5.74) is 0.408. The van der Waals surface area contributed by atoms with Crippen LogP contribution in [0, 0.1) is 5.41 Å². The van der Waals surface area contributed by atoms with Gasteiger partial charge in [-0.25, -0.2) is 0 Å². The molecule has 2 rings (SSSR count). The molecule has 3 nitrogen and oxygen atoms in total. The molecular weight excluding hydrogens is 285 g/mol. The number of carbonyl (C=O) groups excluding carboxylic acids is 1. The number of hydrogen-bond donors (Lipinski definition) is 1. The summed E-state index contributed by atoms with van der Waals surface area (Å²) in [6.45, 7) is 2.32. The van der Waals surface area contributed by atoms with Crippen molar-refractivity contribution in [2.45, 2.75) is 24.1 Å². The first-order valence-electron chi connectivity index (χ1n) is 6.19. The number of halogens is 2. The molecule has 0 bridgehead atoms. The Hall–Kier alpha value is -0.930. The number of alkyl halides is 2. The average molecular weight is 302 g/mol. The van der Waals surface area contributed by atoms with Crippen LogP contribution in [-0.2, 0) is 11.2 Å². The number of ether oxygens (including phenoxy) is 1. The van der Waals surface area contributed by atoms with Gasteiger partial charge in [-0.2, -0.15) is 0 Å². The van der Waals surface area contributed by atoms with Crippen molar-refractivity contribution in [1.29, 1.82) is 0 Å². The van der Waals surface area contributed by atoms with Gasteiger partial charge in [0, 0.05) is 6.54 Å². The normalized spacial score (nSPS) is 23.8. The molecule has 1 aromatic rings. The van der Waals surface area contributed by atoms with E-state index in [-0.39, 0.29) is 5.91 Å². The Labute approximate surface area is 123 Å². The predicted molar refractivity (Wildman–Crippen MR) is 76.9 cm³/mol. The van der Waals surface area contributed by atoms with Crippen LogP contribution in [0.4, 0.5) is 0 Å². The molecule has 104 valence electrons. The lowest BCUT2D eigenvalue weighted by Crippen LogP contribution is -2.34. The zero-order valence-corrected chi connectivity index (χ0v) is 12.5. The van der Waals surface area contributed by atoms with E-state index in [2.05, 4.69) is 5.32 Å². The second-order valence-electron chi connectivity index (χ2n) is 5.03. The van der Waals surface area contributed by atoms with Crippen LogP contribution in [0.5, 0.6) is 5.75 Å². The summed E-state index contributed by atoms with van der Waals surface area (Å²) in [5.74, 6) is 0.741. The summed E-state index contributed by atoms with van der Waals surface area (Å²) < 4.78 is 4.35. The van der Waals surface area contributed by atoms with E-state index in [1.807, 2.05) is 24.3 Å². The van der Waals surface area contributed by atoms with Crippen molar-refractivity contribution < 1.29 is 9.53 Å². The minimum Gasteiger partial charge on any atom is -0.496 e. The number of amides is 1. The third-order valence-electron chi connectivity index (χ3n) is 3.63. The number of rotatable bonds is 5. The van der Waals surface area contributed by atoms with Crippen molar-refractivity contribution in [3.8, 4) is 5.75 Å². The molecule has 1 N–H and O–H groups in total. The van der Waals surface area contributed by atoms with E-state index >= 15 is 0 Å². The van der Waals surface area contributed by atoms with Gasteiger partial charge in [0.25, 0.3) is 0 Å². The van der Waals surface area contributed by atoms with Crippen LogP contribution >= 0.6 is 23.2 Å². The highest BCUT2D eigenvalue weighted by Crippen LogP contribution is 2.63. The van der Waals surface area contributed by atoms with Gasteiger partial charge in [0.15, 0.2) is 0 Å². The summed E-state index contributed by atoms with van der Waals surface area (Å²) in [6, 6.07) is 7.76. The first kappa shape index (κ1) is 14.5. The summed E-state index contributed by atoms with van der Waals surface area (Å²) in [6.07, 6.45) is 1.22. The summed E-state index contributed by atoms with van der Waals surface area (Å²) in [5, 5.41) is 2.88. The van der Waals surface area contributed by atoms with Crippen molar-refractivity contribution in [2.75, 3.05) is 13.7 Å². The molecule has 0 spiro atoms. The number of para-hydroxylation sites is 1.